The molecule has 0 aliphatic carbocycles. The molecule has 9 heteroatoms. The molecule has 3 rings (SSSR count). The van der Waals surface area contributed by atoms with Gasteiger partial charge in [0.15, 0.2) is 0 Å². The number of nitrogens with one attached hydrogen (secondary N) is 1. The molecule has 1 N–H and O–H groups in total. The van der Waals surface area contributed by atoms with Crippen molar-refractivity contribution in [1.82, 2.24) is 10.2 Å². The van der Waals surface area contributed by atoms with Crippen molar-refractivity contribution in [3.8, 4) is 0 Å². The van der Waals surface area contributed by atoms with Crippen LogP contribution in [0.5, 0.6) is 0 Å². The van der Waals surface area contributed by atoms with Crippen molar-refractivity contribution in [1.29, 1.82) is 0 Å². The normalized spacial score (nSPS) is 13.2. The van der Waals surface area contributed by atoms with E-state index in [1.165, 1.54) is 4.90 Å². The van der Waals surface area contributed by atoms with Gasteiger partial charge in [0.25, 0.3) is 0 Å². The Morgan fingerprint density at radius 1 is 0.929 bits per heavy atom. The quantitative estimate of drug-likeness (QED) is 0.274. The second-order valence-corrected chi connectivity index (χ2v) is 14.0. The Hall–Kier alpha value is -3.36. The van der Waals surface area contributed by atoms with E-state index in [4.69, 9.17) is 11.6 Å². The van der Waals surface area contributed by atoms with Gasteiger partial charge < -0.3 is 10.2 Å². The van der Waals surface area contributed by atoms with Crippen LogP contribution >= 0.6 is 11.6 Å². The third kappa shape index (κ3) is 9.07. The van der Waals surface area contributed by atoms with E-state index in [0.717, 1.165) is 21.7 Å². The first kappa shape index (κ1) is 33.1. The van der Waals surface area contributed by atoms with Gasteiger partial charge >= 0.3 is 0 Å². The van der Waals surface area contributed by atoms with Crippen LogP contribution in [0.2, 0.25) is 5.02 Å². The first-order chi connectivity index (χ1) is 19.7. The van der Waals surface area contributed by atoms with Gasteiger partial charge in [0, 0.05) is 24.0 Å². The lowest BCUT2D eigenvalue weighted by atomic mass is 9.87. The van der Waals surface area contributed by atoms with Gasteiger partial charge in [0.1, 0.15) is 12.6 Å². The second-order valence-electron chi connectivity index (χ2n) is 11.7. The Morgan fingerprint density at radius 2 is 1.52 bits per heavy atom. The summed E-state index contributed by atoms with van der Waals surface area (Å²) >= 11 is 6.51. The Kier molecular flexibility index (Phi) is 11.2. The van der Waals surface area contributed by atoms with Crippen molar-refractivity contribution in [2.75, 3.05) is 17.1 Å². The Morgan fingerprint density at radius 3 is 2.07 bits per heavy atom. The van der Waals surface area contributed by atoms with Crippen LogP contribution in [0.4, 0.5) is 5.69 Å². The monoisotopic (exact) mass is 611 g/mol. The molecule has 42 heavy (non-hydrogen) atoms. The van der Waals surface area contributed by atoms with Gasteiger partial charge in [-0.25, -0.2) is 8.42 Å². The number of hydrogen-bond acceptors (Lipinski definition) is 4. The Bertz CT molecular complexity index is 1450. The summed E-state index contributed by atoms with van der Waals surface area (Å²) in [6, 6.07) is 22.7. The minimum atomic E-state index is -3.84. The molecule has 2 unspecified atom stereocenters. The molecule has 0 radical (unpaired) electrons. The molecule has 0 spiro atoms. The predicted molar refractivity (Wildman–Crippen MR) is 171 cm³/mol. The highest BCUT2D eigenvalue weighted by Gasteiger charge is 2.33. The summed E-state index contributed by atoms with van der Waals surface area (Å²) in [5, 5.41) is 3.48. The van der Waals surface area contributed by atoms with Gasteiger partial charge in [0.05, 0.1) is 11.9 Å². The number of anilines is 1. The van der Waals surface area contributed by atoms with Crippen molar-refractivity contribution in [2.45, 2.75) is 71.5 Å². The maximum absolute atomic E-state index is 14.2. The fourth-order valence-corrected chi connectivity index (χ4v) is 5.59. The first-order valence-corrected chi connectivity index (χ1v) is 16.4. The van der Waals surface area contributed by atoms with Crippen molar-refractivity contribution in [3.05, 3.63) is 101 Å². The maximum Gasteiger partial charge on any atom is 0.244 e. The SMILES string of the molecule is CCC(C)NC(=O)C(Cc1ccccc1)N(Cc1ccccc1Cl)C(=O)CN(c1ccc(C(C)(C)C)cc1)S(C)(=O)=O. The maximum atomic E-state index is 14.2. The van der Waals surface area contributed by atoms with Crippen LogP contribution in [-0.4, -0.2) is 50.0 Å². The average Bonchev–Trinajstić information content (AvgIpc) is 2.93. The molecule has 0 aromatic heterocycles. The zero-order valence-electron chi connectivity index (χ0n) is 25.3. The summed E-state index contributed by atoms with van der Waals surface area (Å²) in [6.45, 7) is 9.66. The molecule has 0 saturated carbocycles. The summed E-state index contributed by atoms with van der Waals surface area (Å²) in [7, 11) is -3.84. The number of halogens is 1. The zero-order chi connectivity index (χ0) is 31.1. The smallest absolute Gasteiger partial charge is 0.244 e. The van der Waals surface area contributed by atoms with Gasteiger partial charge in [-0.2, -0.15) is 0 Å². The molecule has 0 saturated heterocycles. The second kappa shape index (κ2) is 14.2. The molecular weight excluding hydrogens is 570 g/mol. The standard InChI is InChI=1S/C33H42ClN3O4S/c1-7-24(2)35-32(39)30(21-25-13-9-8-10-14-25)36(22-26-15-11-12-16-29(26)34)31(38)23-37(42(6,40)41)28-19-17-27(18-20-28)33(3,4)5/h8-20,24,30H,7,21-23H2,1-6H3,(H,35,39). The van der Waals surface area contributed by atoms with Crippen molar-refractivity contribution in [2.24, 2.45) is 0 Å². The molecule has 0 aliphatic rings. The van der Waals surface area contributed by atoms with E-state index in [-0.39, 0.29) is 30.3 Å². The molecular formula is C33H42ClN3O4S. The number of amides is 2. The third-order valence-electron chi connectivity index (χ3n) is 7.27. The summed E-state index contributed by atoms with van der Waals surface area (Å²) in [4.78, 5) is 29.4. The third-order valence-corrected chi connectivity index (χ3v) is 8.78. The highest BCUT2D eigenvalue weighted by Crippen LogP contribution is 2.27. The lowest BCUT2D eigenvalue weighted by molar-refractivity contribution is -0.140. The number of rotatable bonds is 12. The van der Waals surface area contributed by atoms with E-state index in [1.54, 1.807) is 30.3 Å². The molecule has 3 aromatic rings. The molecule has 0 aliphatic heterocycles. The van der Waals surface area contributed by atoms with Crippen LogP contribution in [0.1, 0.15) is 57.7 Å². The van der Waals surface area contributed by atoms with E-state index in [1.807, 2.05) is 62.4 Å². The van der Waals surface area contributed by atoms with E-state index in [2.05, 4.69) is 26.1 Å². The predicted octanol–water partition coefficient (Wildman–Crippen LogP) is 5.96. The minimum Gasteiger partial charge on any atom is -0.352 e. The van der Waals surface area contributed by atoms with E-state index in [0.29, 0.717) is 22.7 Å². The zero-order valence-corrected chi connectivity index (χ0v) is 26.9. The number of sulfonamides is 1. The molecule has 7 nitrogen and oxygen atoms in total. The lowest BCUT2D eigenvalue weighted by Crippen LogP contribution is -2.54. The van der Waals surface area contributed by atoms with Crippen LogP contribution in [0, 0.1) is 0 Å². The van der Waals surface area contributed by atoms with Crippen molar-refractivity contribution in [3.63, 3.8) is 0 Å². The van der Waals surface area contributed by atoms with Crippen LogP contribution in [0.3, 0.4) is 0 Å². The lowest BCUT2D eigenvalue weighted by Gasteiger charge is -2.34. The highest BCUT2D eigenvalue weighted by molar-refractivity contribution is 7.92. The molecule has 0 bridgehead atoms. The van der Waals surface area contributed by atoms with Crippen LogP contribution in [0.25, 0.3) is 0 Å². The van der Waals surface area contributed by atoms with Crippen molar-refractivity contribution < 1.29 is 18.0 Å². The van der Waals surface area contributed by atoms with Gasteiger partial charge in [-0.15, -0.1) is 0 Å². The summed E-state index contributed by atoms with van der Waals surface area (Å²) < 4.78 is 27.1. The Labute approximate surface area is 255 Å². The van der Waals surface area contributed by atoms with Crippen LogP contribution in [-0.2, 0) is 38.0 Å². The number of carbonyl (C=O) groups is 2. The van der Waals surface area contributed by atoms with Crippen LogP contribution < -0.4 is 9.62 Å². The molecule has 3 aromatic carbocycles. The van der Waals surface area contributed by atoms with Crippen LogP contribution in [0.15, 0.2) is 78.9 Å². The number of benzene rings is 3. The van der Waals surface area contributed by atoms with Gasteiger partial charge in [-0.3, -0.25) is 13.9 Å². The van der Waals surface area contributed by atoms with E-state index < -0.39 is 28.5 Å². The fraction of sp³-hybridized carbons (Fsp3) is 0.394. The minimum absolute atomic E-state index is 0.0322. The van der Waals surface area contributed by atoms with Gasteiger partial charge in [-0.05, 0) is 53.6 Å². The highest BCUT2D eigenvalue weighted by atomic mass is 35.5. The largest absolute Gasteiger partial charge is 0.352 e. The van der Waals surface area contributed by atoms with E-state index >= 15 is 0 Å². The summed E-state index contributed by atoms with van der Waals surface area (Å²) in [5.41, 5.74) is 2.82. The summed E-state index contributed by atoms with van der Waals surface area (Å²) in [5.74, 6) is -0.825. The molecule has 0 fully saturated rings. The molecule has 2 atom stereocenters. The number of hydrogen-bond donors (Lipinski definition) is 1. The number of carbonyl (C=O) groups excluding carboxylic acids is 2. The molecule has 226 valence electrons. The van der Waals surface area contributed by atoms with Gasteiger partial charge in [0.2, 0.25) is 21.8 Å². The topological polar surface area (TPSA) is 86.8 Å². The number of nitrogens with zero attached hydrogens (tertiary/aromatic N) is 2. The summed E-state index contributed by atoms with van der Waals surface area (Å²) in [6.07, 6.45) is 2.04. The fourth-order valence-electron chi connectivity index (χ4n) is 4.55. The van der Waals surface area contributed by atoms with Crippen molar-refractivity contribution >= 4 is 39.1 Å². The molecule has 2 amide bonds. The van der Waals surface area contributed by atoms with Gasteiger partial charge in [-0.1, -0.05) is 100.0 Å². The first-order valence-electron chi connectivity index (χ1n) is 14.2. The Balaban J connectivity index is 2.07. The average molecular weight is 612 g/mol. The molecule has 0 heterocycles. The van der Waals surface area contributed by atoms with E-state index in [9.17, 15) is 18.0 Å².